The first kappa shape index (κ1) is 27.2. The minimum Gasteiger partial charge on any atom is -0.461 e. The molecule has 4 nitrogen and oxygen atoms in total. The Hall–Kier alpha value is -0.610. The molecule has 5 aliphatic carbocycles. The van der Waals surface area contributed by atoms with Crippen molar-refractivity contribution in [2.75, 3.05) is 13.2 Å². The molecule has 11 atom stereocenters. The summed E-state index contributed by atoms with van der Waals surface area (Å²) in [6.45, 7) is 20.0. The maximum Gasteiger partial charge on any atom is 0.323 e. The number of ether oxygens (including phenoxy) is 2. The molecule has 0 spiro atoms. The minimum absolute atomic E-state index is 0.00577. The van der Waals surface area contributed by atoms with E-state index >= 15 is 0 Å². The van der Waals surface area contributed by atoms with Gasteiger partial charge in [-0.2, -0.15) is 0 Å². The van der Waals surface area contributed by atoms with Crippen LogP contribution < -0.4 is 5.32 Å². The molecule has 7 unspecified atom stereocenters. The number of nitrogens with one attached hydrogen (secondary N) is 1. The third kappa shape index (κ3) is 3.46. The molecule has 1 N–H and O–H groups in total. The molecule has 5 saturated carbocycles. The summed E-state index contributed by atoms with van der Waals surface area (Å²) in [5, 5.41) is 3.36. The Morgan fingerprint density at radius 1 is 0.795 bits per heavy atom. The zero-order valence-corrected chi connectivity index (χ0v) is 26.2. The van der Waals surface area contributed by atoms with E-state index in [1.165, 1.54) is 57.8 Å². The number of hydrogen-bond acceptors (Lipinski definition) is 4. The molecule has 2 aliphatic heterocycles. The van der Waals surface area contributed by atoms with Crippen molar-refractivity contribution < 1.29 is 14.3 Å². The SMILES string of the molecule is CC1(C)CCC23CC[C@]4(C)C(CCC5[C@@]6(C)CC[C@H](OC(=O)C7CCCN7)C(C)(C)C6CC[C@]54C)C2C1OC3. The molecule has 0 radical (unpaired) electrons. The van der Waals surface area contributed by atoms with Gasteiger partial charge in [0, 0.05) is 5.41 Å². The van der Waals surface area contributed by atoms with Crippen LogP contribution in [0.1, 0.15) is 126 Å². The molecule has 2 bridgehead atoms. The quantitative estimate of drug-likeness (QED) is 0.368. The maximum atomic E-state index is 13.0. The molecule has 7 rings (SSSR count). The Balaban J connectivity index is 1.17. The van der Waals surface area contributed by atoms with Crippen molar-refractivity contribution in [3.63, 3.8) is 0 Å². The first-order valence-electron chi connectivity index (χ1n) is 16.8. The van der Waals surface area contributed by atoms with Crippen molar-refractivity contribution in [2.45, 2.75) is 144 Å². The summed E-state index contributed by atoms with van der Waals surface area (Å²) in [6, 6.07) is -0.0855. The highest BCUT2D eigenvalue weighted by molar-refractivity contribution is 5.76. The van der Waals surface area contributed by atoms with Crippen molar-refractivity contribution in [2.24, 2.45) is 56.2 Å². The van der Waals surface area contributed by atoms with Crippen molar-refractivity contribution in [3.05, 3.63) is 0 Å². The summed E-state index contributed by atoms with van der Waals surface area (Å²) < 4.78 is 13.1. The molecule has 2 saturated heterocycles. The fourth-order valence-electron chi connectivity index (χ4n) is 13.3. The second-order valence-electron chi connectivity index (χ2n) is 17.7. The standard InChI is InChI=1S/C35H57NO3/c1-30(2)16-18-35-19-17-33(6)22(27(35)28(30)38-21-35)10-11-25-32(5)14-13-26(39-29(37)23-9-8-20-36-23)31(3,4)24(32)12-15-34(25,33)7/h22-28,36H,8-21H2,1-7H3/t22?,23?,24?,25?,26-,27?,28?,32-,33+,34+,35?/m0/s1. The van der Waals surface area contributed by atoms with Gasteiger partial charge in [0.05, 0.1) is 12.7 Å². The number of carbonyl (C=O) groups is 1. The van der Waals surface area contributed by atoms with Crippen LogP contribution in [0.25, 0.3) is 0 Å². The summed E-state index contributed by atoms with van der Waals surface area (Å²) >= 11 is 0. The van der Waals surface area contributed by atoms with E-state index in [2.05, 4.69) is 53.8 Å². The van der Waals surface area contributed by atoms with E-state index in [-0.39, 0.29) is 23.5 Å². The third-order valence-electron chi connectivity index (χ3n) is 15.7. The van der Waals surface area contributed by atoms with E-state index in [1.807, 2.05) is 0 Å². The van der Waals surface area contributed by atoms with E-state index in [4.69, 9.17) is 9.47 Å². The van der Waals surface area contributed by atoms with Crippen LogP contribution in [0.5, 0.6) is 0 Å². The van der Waals surface area contributed by atoms with Crippen LogP contribution in [0.3, 0.4) is 0 Å². The van der Waals surface area contributed by atoms with Gasteiger partial charge in [0.1, 0.15) is 12.1 Å². The van der Waals surface area contributed by atoms with Gasteiger partial charge in [-0.3, -0.25) is 4.79 Å². The van der Waals surface area contributed by atoms with Gasteiger partial charge in [-0.15, -0.1) is 0 Å². The van der Waals surface area contributed by atoms with Crippen LogP contribution >= 0.6 is 0 Å². The lowest BCUT2D eigenvalue weighted by atomic mass is 9.31. The van der Waals surface area contributed by atoms with Gasteiger partial charge in [0.25, 0.3) is 0 Å². The van der Waals surface area contributed by atoms with E-state index in [0.717, 1.165) is 50.2 Å². The summed E-state index contributed by atoms with van der Waals surface area (Å²) in [5.74, 6) is 2.96. The molecular weight excluding hydrogens is 482 g/mol. The van der Waals surface area contributed by atoms with Crippen LogP contribution in [0.4, 0.5) is 0 Å². The van der Waals surface area contributed by atoms with E-state index < -0.39 is 0 Å². The molecule has 4 heteroatoms. The number of esters is 1. The smallest absolute Gasteiger partial charge is 0.323 e. The molecule has 2 heterocycles. The average molecular weight is 540 g/mol. The Morgan fingerprint density at radius 2 is 1.56 bits per heavy atom. The van der Waals surface area contributed by atoms with Crippen molar-refractivity contribution in [1.82, 2.24) is 5.32 Å². The molecule has 220 valence electrons. The average Bonchev–Trinajstić information content (AvgIpc) is 3.52. The van der Waals surface area contributed by atoms with Crippen LogP contribution in [0.2, 0.25) is 0 Å². The second-order valence-corrected chi connectivity index (χ2v) is 17.7. The van der Waals surface area contributed by atoms with Gasteiger partial charge in [-0.25, -0.2) is 0 Å². The molecule has 0 aromatic carbocycles. The maximum absolute atomic E-state index is 13.0. The van der Waals surface area contributed by atoms with Crippen LogP contribution in [-0.4, -0.2) is 37.4 Å². The Morgan fingerprint density at radius 3 is 2.31 bits per heavy atom. The lowest BCUT2D eigenvalue weighted by Gasteiger charge is -2.73. The highest BCUT2D eigenvalue weighted by Crippen LogP contribution is 2.78. The summed E-state index contributed by atoms with van der Waals surface area (Å²) in [7, 11) is 0. The number of hydrogen-bond donors (Lipinski definition) is 1. The predicted molar refractivity (Wildman–Crippen MR) is 155 cm³/mol. The molecule has 0 aromatic heterocycles. The zero-order chi connectivity index (χ0) is 27.6. The Bertz CT molecular complexity index is 1020. The molecule has 0 amide bonds. The van der Waals surface area contributed by atoms with Crippen molar-refractivity contribution in [1.29, 1.82) is 0 Å². The molecule has 0 aromatic rings. The Labute approximate surface area is 238 Å². The van der Waals surface area contributed by atoms with Gasteiger partial charge >= 0.3 is 5.97 Å². The summed E-state index contributed by atoms with van der Waals surface area (Å²) in [4.78, 5) is 13.0. The van der Waals surface area contributed by atoms with Gasteiger partial charge in [-0.1, -0.05) is 48.5 Å². The number of carbonyl (C=O) groups excluding carboxylic acids is 1. The molecular formula is C35H57NO3. The van der Waals surface area contributed by atoms with Gasteiger partial charge in [0.2, 0.25) is 0 Å². The van der Waals surface area contributed by atoms with Crippen LogP contribution in [-0.2, 0) is 14.3 Å². The van der Waals surface area contributed by atoms with Gasteiger partial charge in [-0.05, 0) is 134 Å². The largest absolute Gasteiger partial charge is 0.461 e. The van der Waals surface area contributed by atoms with E-state index in [1.54, 1.807) is 0 Å². The van der Waals surface area contributed by atoms with Gasteiger partial charge < -0.3 is 14.8 Å². The van der Waals surface area contributed by atoms with Crippen LogP contribution in [0, 0.1) is 56.2 Å². The highest BCUT2D eigenvalue weighted by Gasteiger charge is 2.73. The molecule has 7 aliphatic rings. The second kappa shape index (κ2) is 8.48. The fourth-order valence-corrected chi connectivity index (χ4v) is 13.3. The third-order valence-corrected chi connectivity index (χ3v) is 15.7. The summed E-state index contributed by atoms with van der Waals surface area (Å²) in [6.07, 6.45) is 15.7. The molecule has 39 heavy (non-hydrogen) atoms. The number of fused-ring (bicyclic) bond motifs is 5. The fraction of sp³-hybridized carbons (Fsp3) is 0.971. The lowest BCUT2D eigenvalue weighted by molar-refractivity contribution is -0.254. The first-order valence-corrected chi connectivity index (χ1v) is 16.8. The number of rotatable bonds is 2. The lowest BCUT2D eigenvalue weighted by Crippen LogP contribution is -2.68. The van der Waals surface area contributed by atoms with E-state index in [0.29, 0.717) is 39.1 Å². The normalized spacial score (nSPS) is 55.1. The van der Waals surface area contributed by atoms with Crippen LogP contribution in [0.15, 0.2) is 0 Å². The topological polar surface area (TPSA) is 47.6 Å². The Kier molecular flexibility index (Phi) is 5.93. The monoisotopic (exact) mass is 539 g/mol. The predicted octanol–water partition coefficient (Wildman–Crippen LogP) is 7.54. The van der Waals surface area contributed by atoms with Crippen molar-refractivity contribution in [3.8, 4) is 0 Å². The van der Waals surface area contributed by atoms with E-state index in [9.17, 15) is 4.79 Å². The zero-order valence-electron chi connectivity index (χ0n) is 26.2. The molecule has 7 fully saturated rings. The first-order chi connectivity index (χ1) is 18.3. The minimum atomic E-state index is -0.0855. The van der Waals surface area contributed by atoms with Gasteiger partial charge in [0.15, 0.2) is 0 Å². The highest BCUT2D eigenvalue weighted by atomic mass is 16.5. The van der Waals surface area contributed by atoms with Crippen molar-refractivity contribution >= 4 is 5.97 Å². The summed E-state index contributed by atoms with van der Waals surface area (Å²) in [5.41, 5.74) is 1.92.